The van der Waals surface area contributed by atoms with Crippen LogP contribution in [-0.2, 0) is 6.54 Å². The molecule has 1 fully saturated rings. The van der Waals surface area contributed by atoms with Crippen molar-refractivity contribution in [3.63, 3.8) is 0 Å². The Morgan fingerprint density at radius 3 is 3.13 bits per heavy atom. The zero-order valence-electron chi connectivity index (χ0n) is 13.1. The molecular formula is C17H19N5S. The Hall–Kier alpha value is -2.08. The lowest BCUT2D eigenvalue weighted by molar-refractivity contribution is 0.765. The maximum atomic E-state index is 4.44. The van der Waals surface area contributed by atoms with Crippen LogP contribution in [0.15, 0.2) is 36.7 Å². The van der Waals surface area contributed by atoms with Gasteiger partial charge < -0.3 is 5.32 Å². The Balaban J connectivity index is 1.60. The number of anilines is 1. The van der Waals surface area contributed by atoms with E-state index in [4.69, 9.17) is 0 Å². The lowest BCUT2D eigenvalue weighted by atomic mass is 10.1. The molecule has 3 aromatic rings. The van der Waals surface area contributed by atoms with Gasteiger partial charge in [-0.25, -0.2) is 4.98 Å². The maximum Gasteiger partial charge on any atom is 0.203 e. The summed E-state index contributed by atoms with van der Waals surface area (Å²) < 4.78 is 2.08. The lowest BCUT2D eigenvalue weighted by Gasteiger charge is -2.09. The molecule has 0 radical (unpaired) electrons. The zero-order valence-corrected chi connectivity index (χ0v) is 13.9. The fourth-order valence-electron chi connectivity index (χ4n) is 2.98. The number of benzene rings is 1. The van der Waals surface area contributed by atoms with Crippen LogP contribution in [0.5, 0.6) is 0 Å². The van der Waals surface area contributed by atoms with Gasteiger partial charge in [-0.2, -0.15) is 11.8 Å². The molecule has 5 nitrogen and oxygen atoms in total. The molecule has 0 saturated carbocycles. The van der Waals surface area contributed by atoms with E-state index in [1.165, 1.54) is 29.7 Å². The first-order valence-electron chi connectivity index (χ1n) is 7.92. The first-order chi connectivity index (χ1) is 11.3. The summed E-state index contributed by atoms with van der Waals surface area (Å²) in [5.74, 6) is 3.04. The number of rotatable bonds is 4. The molecule has 1 saturated heterocycles. The van der Waals surface area contributed by atoms with E-state index in [0.29, 0.717) is 5.25 Å². The smallest absolute Gasteiger partial charge is 0.203 e. The quantitative estimate of drug-likeness (QED) is 0.794. The Bertz CT molecular complexity index is 823. The van der Waals surface area contributed by atoms with Crippen LogP contribution in [0.4, 0.5) is 5.82 Å². The highest BCUT2D eigenvalue weighted by Gasteiger charge is 2.23. The number of nitrogens with one attached hydrogen (secondary N) is 1. The molecule has 0 spiro atoms. The molecule has 118 valence electrons. The van der Waals surface area contributed by atoms with Crippen LogP contribution in [0.2, 0.25) is 0 Å². The number of aryl methyl sites for hydroxylation is 1. The summed E-state index contributed by atoms with van der Waals surface area (Å²) in [5, 5.41) is 12.6. The van der Waals surface area contributed by atoms with Gasteiger partial charge in [-0.15, -0.1) is 10.2 Å². The van der Waals surface area contributed by atoms with Crippen molar-refractivity contribution in [2.24, 2.45) is 0 Å². The average Bonchev–Trinajstić information content (AvgIpc) is 3.22. The lowest BCUT2D eigenvalue weighted by Crippen LogP contribution is -2.05. The molecule has 1 atom stereocenters. The Kier molecular flexibility index (Phi) is 3.91. The second-order valence-electron chi connectivity index (χ2n) is 5.87. The second-order valence-corrected chi connectivity index (χ2v) is 7.18. The standard InChI is InChI=1S/C17H19N5S/c1-12-4-2-5-13(10-12)11-19-15-17-21-20-16(14-6-3-9-23-14)22(17)8-7-18-15/h2,4-5,7-8,10,14H,3,6,9,11H2,1H3,(H,18,19)/t14-/m0/s1. The van der Waals surface area contributed by atoms with E-state index < -0.39 is 0 Å². The summed E-state index contributed by atoms with van der Waals surface area (Å²) in [4.78, 5) is 4.44. The van der Waals surface area contributed by atoms with Gasteiger partial charge in [0, 0.05) is 18.9 Å². The predicted molar refractivity (Wildman–Crippen MR) is 93.7 cm³/mol. The molecule has 2 aromatic heterocycles. The van der Waals surface area contributed by atoms with E-state index in [1.54, 1.807) is 0 Å². The minimum Gasteiger partial charge on any atom is -0.363 e. The fourth-order valence-corrected chi connectivity index (χ4v) is 4.24. The van der Waals surface area contributed by atoms with Crippen molar-refractivity contribution in [2.45, 2.75) is 31.6 Å². The Morgan fingerprint density at radius 2 is 2.30 bits per heavy atom. The van der Waals surface area contributed by atoms with E-state index in [2.05, 4.69) is 56.1 Å². The van der Waals surface area contributed by atoms with Gasteiger partial charge in [0.25, 0.3) is 0 Å². The largest absolute Gasteiger partial charge is 0.363 e. The Morgan fingerprint density at radius 1 is 1.35 bits per heavy atom. The van der Waals surface area contributed by atoms with Gasteiger partial charge in [0.1, 0.15) is 0 Å². The monoisotopic (exact) mass is 325 g/mol. The molecule has 0 unspecified atom stereocenters. The van der Waals surface area contributed by atoms with Crippen molar-refractivity contribution in [3.05, 3.63) is 53.6 Å². The first kappa shape index (κ1) is 14.5. The van der Waals surface area contributed by atoms with Crippen LogP contribution in [0, 0.1) is 6.92 Å². The minimum atomic E-state index is 0.456. The van der Waals surface area contributed by atoms with Gasteiger partial charge in [0.05, 0.1) is 5.25 Å². The van der Waals surface area contributed by atoms with Crippen LogP contribution < -0.4 is 5.32 Å². The molecule has 1 aliphatic rings. The molecule has 0 bridgehead atoms. The van der Waals surface area contributed by atoms with Gasteiger partial charge in [-0.05, 0) is 31.1 Å². The van der Waals surface area contributed by atoms with Crippen molar-refractivity contribution in [3.8, 4) is 0 Å². The fraction of sp³-hybridized carbons (Fsp3) is 0.353. The molecule has 6 heteroatoms. The van der Waals surface area contributed by atoms with Crippen LogP contribution in [0.1, 0.15) is 35.0 Å². The van der Waals surface area contributed by atoms with E-state index in [-0.39, 0.29) is 0 Å². The highest BCUT2D eigenvalue weighted by Crippen LogP contribution is 2.39. The molecule has 1 N–H and O–H groups in total. The number of hydrogen-bond acceptors (Lipinski definition) is 5. The van der Waals surface area contributed by atoms with Gasteiger partial charge in [0.2, 0.25) is 5.65 Å². The number of fused-ring (bicyclic) bond motifs is 1. The van der Waals surface area contributed by atoms with E-state index >= 15 is 0 Å². The summed E-state index contributed by atoms with van der Waals surface area (Å²) in [6.07, 6.45) is 6.22. The predicted octanol–water partition coefficient (Wildman–Crippen LogP) is 3.61. The Labute approximate surface area is 139 Å². The summed E-state index contributed by atoms with van der Waals surface area (Å²) in [6.45, 7) is 2.83. The molecule has 0 amide bonds. The van der Waals surface area contributed by atoms with Gasteiger partial charge >= 0.3 is 0 Å². The van der Waals surface area contributed by atoms with Crippen LogP contribution in [0.25, 0.3) is 5.65 Å². The van der Waals surface area contributed by atoms with E-state index in [9.17, 15) is 0 Å². The van der Waals surface area contributed by atoms with Crippen molar-refractivity contribution in [1.82, 2.24) is 19.6 Å². The SMILES string of the molecule is Cc1cccc(CNc2nccn3c([C@@H]4CCCS4)nnc23)c1. The second kappa shape index (κ2) is 6.20. The molecule has 3 heterocycles. The number of aromatic nitrogens is 4. The third kappa shape index (κ3) is 2.91. The normalized spacial score (nSPS) is 17.7. The molecule has 1 aliphatic heterocycles. The summed E-state index contributed by atoms with van der Waals surface area (Å²) in [7, 11) is 0. The average molecular weight is 325 g/mol. The van der Waals surface area contributed by atoms with Crippen LogP contribution in [0.3, 0.4) is 0 Å². The molecule has 0 aliphatic carbocycles. The summed E-state index contributed by atoms with van der Waals surface area (Å²) in [5.41, 5.74) is 3.31. The number of nitrogens with zero attached hydrogens (tertiary/aromatic N) is 4. The minimum absolute atomic E-state index is 0.456. The maximum absolute atomic E-state index is 4.44. The molecule has 4 rings (SSSR count). The van der Waals surface area contributed by atoms with Crippen molar-refractivity contribution in [2.75, 3.05) is 11.1 Å². The molecular weight excluding hydrogens is 306 g/mol. The first-order valence-corrected chi connectivity index (χ1v) is 8.97. The van der Waals surface area contributed by atoms with Crippen LogP contribution in [-0.4, -0.2) is 25.3 Å². The summed E-state index contributed by atoms with van der Waals surface area (Å²) >= 11 is 1.97. The van der Waals surface area contributed by atoms with Crippen molar-refractivity contribution >= 4 is 23.2 Å². The highest BCUT2D eigenvalue weighted by atomic mass is 32.2. The molecule has 23 heavy (non-hydrogen) atoms. The third-order valence-electron chi connectivity index (χ3n) is 4.11. The molecule has 1 aromatic carbocycles. The topological polar surface area (TPSA) is 55.1 Å². The number of hydrogen-bond donors (Lipinski definition) is 1. The van der Waals surface area contributed by atoms with Gasteiger partial charge in [-0.1, -0.05) is 29.8 Å². The third-order valence-corrected chi connectivity index (χ3v) is 5.49. The van der Waals surface area contributed by atoms with Gasteiger partial charge in [0.15, 0.2) is 11.6 Å². The van der Waals surface area contributed by atoms with Crippen molar-refractivity contribution in [1.29, 1.82) is 0 Å². The zero-order chi connectivity index (χ0) is 15.6. The summed E-state index contributed by atoms with van der Waals surface area (Å²) in [6, 6.07) is 8.47. The van der Waals surface area contributed by atoms with E-state index in [0.717, 1.165) is 23.8 Å². The number of thioether (sulfide) groups is 1. The van der Waals surface area contributed by atoms with Gasteiger partial charge in [-0.3, -0.25) is 4.40 Å². The van der Waals surface area contributed by atoms with Crippen LogP contribution >= 0.6 is 11.8 Å². The van der Waals surface area contributed by atoms with E-state index in [1.807, 2.05) is 24.2 Å². The highest BCUT2D eigenvalue weighted by molar-refractivity contribution is 7.99. The van der Waals surface area contributed by atoms with Crippen molar-refractivity contribution < 1.29 is 0 Å².